The summed E-state index contributed by atoms with van der Waals surface area (Å²) in [4.78, 5) is 15.5. The normalized spacial score (nSPS) is 11.7. The Kier molecular flexibility index (Phi) is 8.93. The van der Waals surface area contributed by atoms with Gasteiger partial charge in [-0.05, 0) is 61.5 Å². The van der Waals surface area contributed by atoms with E-state index in [1.54, 1.807) is 69.6 Å². The molecule has 0 saturated carbocycles. The van der Waals surface area contributed by atoms with Gasteiger partial charge in [-0.3, -0.25) is 4.79 Å². The molecule has 1 aromatic heterocycles. The maximum absolute atomic E-state index is 13.9. The fraction of sp³-hybridized carbons (Fsp3) is 0.300. The minimum atomic E-state index is -3.97. The first-order chi connectivity index (χ1) is 18.7. The quantitative estimate of drug-likeness (QED) is 0.243. The SMILES string of the molecule is COc1ccc(CCN(Cc2ccco2)C(=O)CN(C(C)C)S(=O)(=O)c2cccc3ccccc23)cc1OC. The molecule has 9 heteroatoms. The van der Waals surface area contributed by atoms with Gasteiger partial charge in [-0.1, -0.05) is 42.5 Å². The third-order valence-corrected chi connectivity index (χ3v) is 8.68. The van der Waals surface area contributed by atoms with Crippen LogP contribution in [-0.4, -0.2) is 56.9 Å². The summed E-state index contributed by atoms with van der Waals surface area (Å²) in [6.07, 6.45) is 2.09. The van der Waals surface area contributed by atoms with Crippen molar-refractivity contribution in [2.45, 2.75) is 37.8 Å². The first-order valence-corrected chi connectivity index (χ1v) is 14.2. The van der Waals surface area contributed by atoms with E-state index in [2.05, 4.69) is 0 Å². The first kappa shape index (κ1) is 28.2. The van der Waals surface area contributed by atoms with Crippen molar-refractivity contribution in [2.75, 3.05) is 27.3 Å². The number of sulfonamides is 1. The number of furan rings is 1. The Hall–Kier alpha value is -3.82. The maximum atomic E-state index is 13.9. The molecule has 0 aliphatic carbocycles. The van der Waals surface area contributed by atoms with Crippen molar-refractivity contribution in [2.24, 2.45) is 0 Å². The van der Waals surface area contributed by atoms with Gasteiger partial charge in [0.1, 0.15) is 5.76 Å². The highest BCUT2D eigenvalue weighted by molar-refractivity contribution is 7.89. The topological polar surface area (TPSA) is 89.3 Å². The van der Waals surface area contributed by atoms with Crippen LogP contribution in [0.25, 0.3) is 10.8 Å². The molecule has 0 saturated heterocycles. The molecule has 39 heavy (non-hydrogen) atoms. The van der Waals surface area contributed by atoms with Gasteiger partial charge in [0.15, 0.2) is 11.5 Å². The number of methoxy groups -OCH3 is 2. The summed E-state index contributed by atoms with van der Waals surface area (Å²) in [7, 11) is -0.817. The molecule has 0 aliphatic rings. The summed E-state index contributed by atoms with van der Waals surface area (Å²) in [5.74, 6) is 1.52. The lowest BCUT2D eigenvalue weighted by Crippen LogP contribution is -2.46. The van der Waals surface area contributed by atoms with Crippen LogP contribution in [-0.2, 0) is 27.8 Å². The number of amides is 1. The Morgan fingerprint density at radius 1 is 0.923 bits per heavy atom. The third-order valence-electron chi connectivity index (χ3n) is 6.60. The predicted molar refractivity (Wildman–Crippen MR) is 150 cm³/mol. The summed E-state index contributed by atoms with van der Waals surface area (Å²) in [6, 6.07) is 21.3. The minimum absolute atomic E-state index is 0.185. The highest BCUT2D eigenvalue weighted by Gasteiger charge is 2.32. The van der Waals surface area contributed by atoms with E-state index in [0.29, 0.717) is 35.6 Å². The third kappa shape index (κ3) is 6.43. The molecule has 0 bridgehead atoms. The van der Waals surface area contributed by atoms with Gasteiger partial charge in [0.2, 0.25) is 15.9 Å². The van der Waals surface area contributed by atoms with Crippen molar-refractivity contribution in [3.63, 3.8) is 0 Å². The van der Waals surface area contributed by atoms with E-state index < -0.39 is 16.1 Å². The molecule has 1 amide bonds. The molecule has 0 spiro atoms. The molecule has 1 heterocycles. The second kappa shape index (κ2) is 12.4. The molecule has 8 nitrogen and oxygen atoms in total. The smallest absolute Gasteiger partial charge is 0.244 e. The van der Waals surface area contributed by atoms with Gasteiger partial charge in [0.25, 0.3) is 0 Å². The monoisotopic (exact) mass is 550 g/mol. The van der Waals surface area contributed by atoms with Crippen molar-refractivity contribution in [1.82, 2.24) is 9.21 Å². The summed E-state index contributed by atoms with van der Waals surface area (Å²) in [5, 5.41) is 1.45. The Morgan fingerprint density at radius 2 is 1.67 bits per heavy atom. The van der Waals surface area contributed by atoms with Crippen LogP contribution < -0.4 is 9.47 Å². The fourth-order valence-corrected chi connectivity index (χ4v) is 6.31. The number of carbonyl (C=O) groups is 1. The molecule has 4 aromatic rings. The molecule has 3 aromatic carbocycles. The zero-order valence-corrected chi connectivity index (χ0v) is 23.5. The molecule has 4 rings (SSSR count). The summed E-state index contributed by atoms with van der Waals surface area (Å²) in [5.41, 5.74) is 0.953. The van der Waals surface area contributed by atoms with Crippen molar-refractivity contribution in [3.8, 4) is 11.5 Å². The molecule has 0 unspecified atom stereocenters. The van der Waals surface area contributed by atoms with Crippen LogP contribution in [0.4, 0.5) is 0 Å². The fourth-order valence-electron chi connectivity index (χ4n) is 4.51. The summed E-state index contributed by atoms with van der Waals surface area (Å²) in [6.45, 7) is 3.83. The van der Waals surface area contributed by atoms with E-state index in [0.717, 1.165) is 10.9 Å². The van der Waals surface area contributed by atoms with Gasteiger partial charge < -0.3 is 18.8 Å². The van der Waals surface area contributed by atoms with Crippen molar-refractivity contribution in [3.05, 3.63) is 90.4 Å². The number of benzene rings is 3. The molecule has 0 radical (unpaired) electrons. The summed E-state index contributed by atoms with van der Waals surface area (Å²) < 4.78 is 45.3. The van der Waals surface area contributed by atoms with Crippen LogP contribution in [0.1, 0.15) is 25.2 Å². The lowest BCUT2D eigenvalue weighted by Gasteiger charge is -2.29. The molecule has 0 aliphatic heterocycles. The van der Waals surface area contributed by atoms with Crippen LogP contribution in [0.2, 0.25) is 0 Å². The lowest BCUT2D eigenvalue weighted by atomic mass is 10.1. The molecule has 0 N–H and O–H groups in total. The van der Waals surface area contributed by atoms with Gasteiger partial charge >= 0.3 is 0 Å². The molecular formula is C30H34N2O6S. The number of fused-ring (bicyclic) bond motifs is 1. The highest BCUT2D eigenvalue weighted by atomic mass is 32.2. The number of nitrogens with zero attached hydrogens (tertiary/aromatic N) is 2. The van der Waals surface area contributed by atoms with Crippen molar-refractivity contribution < 1.29 is 27.1 Å². The van der Waals surface area contributed by atoms with Crippen LogP contribution >= 0.6 is 0 Å². The number of carbonyl (C=O) groups excluding carboxylic acids is 1. The molecule has 0 atom stereocenters. The lowest BCUT2D eigenvalue weighted by molar-refractivity contribution is -0.132. The largest absolute Gasteiger partial charge is 0.493 e. The Bertz CT molecular complexity index is 1510. The van der Waals surface area contributed by atoms with E-state index in [1.807, 2.05) is 42.5 Å². The van der Waals surface area contributed by atoms with E-state index in [4.69, 9.17) is 13.9 Å². The second-order valence-corrected chi connectivity index (χ2v) is 11.3. The van der Waals surface area contributed by atoms with Gasteiger partial charge in [-0.2, -0.15) is 4.31 Å². The van der Waals surface area contributed by atoms with Crippen LogP contribution in [0.3, 0.4) is 0 Å². The average molecular weight is 551 g/mol. The Morgan fingerprint density at radius 3 is 2.36 bits per heavy atom. The number of rotatable bonds is 12. The molecule has 0 fully saturated rings. The van der Waals surface area contributed by atoms with Crippen LogP contribution in [0.15, 0.2) is 88.4 Å². The van der Waals surface area contributed by atoms with E-state index in [1.165, 1.54) is 4.31 Å². The second-order valence-electron chi connectivity index (χ2n) is 9.46. The maximum Gasteiger partial charge on any atom is 0.244 e. The van der Waals surface area contributed by atoms with Crippen molar-refractivity contribution >= 4 is 26.7 Å². The van der Waals surface area contributed by atoms with Gasteiger partial charge in [-0.15, -0.1) is 0 Å². The highest BCUT2D eigenvalue weighted by Crippen LogP contribution is 2.29. The van der Waals surface area contributed by atoms with E-state index in [9.17, 15) is 13.2 Å². The predicted octanol–water partition coefficient (Wildman–Crippen LogP) is 5.12. The number of ether oxygens (including phenoxy) is 2. The van der Waals surface area contributed by atoms with Gasteiger partial charge in [0, 0.05) is 18.0 Å². The van der Waals surface area contributed by atoms with E-state index in [-0.39, 0.29) is 23.9 Å². The van der Waals surface area contributed by atoms with Crippen LogP contribution in [0.5, 0.6) is 11.5 Å². The minimum Gasteiger partial charge on any atom is -0.493 e. The Labute approximate surface area is 229 Å². The average Bonchev–Trinajstić information content (AvgIpc) is 3.46. The Balaban J connectivity index is 1.59. The van der Waals surface area contributed by atoms with Crippen LogP contribution in [0, 0.1) is 0 Å². The van der Waals surface area contributed by atoms with E-state index >= 15 is 0 Å². The zero-order chi connectivity index (χ0) is 28.0. The standard InChI is InChI=1S/C30H34N2O6S/c1-22(2)32(39(34,35)29-13-7-10-24-9-5-6-12-26(24)29)21-30(33)31(20-25-11-8-18-38-25)17-16-23-14-15-27(36-3)28(19-23)37-4/h5-15,18-19,22H,16-17,20-21H2,1-4H3. The summed E-state index contributed by atoms with van der Waals surface area (Å²) >= 11 is 0. The number of hydrogen-bond donors (Lipinski definition) is 0. The molecular weight excluding hydrogens is 516 g/mol. The van der Waals surface area contributed by atoms with Gasteiger partial charge in [0.05, 0.1) is 38.5 Å². The zero-order valence-electron chi connectivity index (χ0n) is 22.7. The number of hydrogen-bond acceptors (Lipinski definition) is 6. The van der Waals surface area contributed by atoms with Gasteiger partial charge in [-0.25, -0.2) is 8.42 Å². The molecule has 206 valence electrons. The van der Waals surface area contributed by atoms with Crippen molar-refractivity contribution in [1.29, 1.82) is 0 Å². The first-order valence-electron chi connectivity index (χ1n) is 12.7.